The second kappa shape index (κ2) is 8.62. The van der Waals surface area contributed by atoms with Gasteiger partial charge in [0, 0.05) is 12.8 Å². The molecule has 0 spiro atoms. The van der Waals surface area contributed by atoms with Crippen molar-refractivity contribution in [1.82, 2.24) is 0 Å². The summed E-state index contributed by atoms with van der Waals surface area (Å²) in [6.45, 7) is 3.98. The molecule has 0 aromatic carbocycles. The minimum atomic E-state index is -0.270. The zero-order valence-corrected chi connectivity index (χ0v) is 8.27. The molecule has 0 aliphatic carbocycles. The first-order valence-corrected chi connectivity index (χ1v) is 4.91. The van der Waals surface area contributed by atoms with Gasteiger partial charge in [0.25, 0.3) is 0 Å². The summed E-state index contributed by atoms with van der Waals surface area (Å²) in [6, 6.07) is 0. The summed E-state index contributed by atoms with van der Waals surface area (Å²) < 4.78 is 0. The molecule has 0 saturated carbocycles. The van der Waals surface area contributed by atoms with Crippen LogP contribution in [-0.2, 0) is 0 Å². The maximum absolute atomic E-state index is 8.89. The summed E-state index contributed by atoms with van der Waals surface area (Å²) in [7, 11) is 0. The molecule has 0 aliphatic rings. The van der Waals surface area contributed by atoms with E-state index in [9.17, 15) is 0 Å². The van der Waals surface area contributed by atoms with Gasteiger partial charge in [-0.3, -0.25) is 0 Å². The van der Waals surface area contributed by atoms with E-state index in [2.05, 4.69) is 18.8 Å². The second-order valence-corrected chi connectivity index (χ2v) is 3.22. The molecule has 70 valence electrons. The van der Waals surface area contributed by atoms with E-state index in [0.717, 1.165) is 6.42 Å². The standard InChI is InChI=1S/C11H20O/c1-3-4-5-6-7-8-9-10-11(2)12/h11-12H,3-7,10H2,1-2H3/t11-/m0/s1. The molecule has 1 N–H and O–H groups in total. The van der Waals surface area contributed by atoms with Crippen molar-refractivity contribution in [2.24, 2.45) is 0 Å². The Hall–Kier alpha value is -0.480. The quantitative estimate of drug-likeness (QED) is 0.494. The fourth-order valence-corrected chi connectivity index (χ4v) is 0.948. The number of rotatable bonds is 5. The molecule has 0 bridgehead atoms. The number of aliphatic hydroxyl groups is 1. The summed E-state index contributed by atoms with van der Waals surface area (Å²) in [4.78, 5) is 0. The third-order valence-electron chi connectivity index (χ3n) is 1.68. The van der Waals surface area contributed by atoms with Crippen LogP contribution < -0.4 is 0 Å². The molecule has 12 heavy (non-hydrogen) atoms. The van der Waals surface area contributed by atoms with Crippen LogP contribution in [0.15, 0.2) is 0 Å². The molecule has 0 heterocycles. The molecular weight excluding hydrogens is 148 g/mol. The van der Waals surface area contributed by atoms with Crippen LogP contribution in [0.2, 0.25) is 0 Å². The summed E-state index contributed by atoms with van der Waals surface area (Å²) >= 11 is 0. The molecule has 0 fully saturated rings. The largest absolute Gasteiger partial charge is 0.392 e. The maximum atomic E-state index is 8.89. The molecule has 0 aromatic rings. The van der Waals surface area contributed by atoms with E-state index < -0.39 is 0 Å². The summed E-state index contributed by atoms with van der Waals surface area (Å²) in [5, 5.41) is 8.89. The topological polar surface area (TPSA) is 20.2 Å². The lowest BCUT2D eigenvalue weighted by molar-refractivity contribution is 0.201. The van der Waals surface area contributed by atoms with Crippen molar-refractivity contribution in [3.8, 4) is 11.8 Å². The first-order valence-electron chi connectivity index (χ1n) is 4.91. The van der Waals surface area contributed by atoms with Crippen LogP contribution >= 0.6 is 0 Å². The van der Waals surface area contributed by atoms with Crippen molar-refractivity contribution in [3.05, 3.63) is 0 Å². The number of hydrogen-bond acceptors (Lipinski definition) is 1. The van der Waals surface area contributed by atoms with Gasteiger partial charge in [-0.2, -0.15) is 0 Å². The number of aliphatic hydroxyl groups excluding tert-OH is 1. The highest BCUT2D eigenvalue weighted by molar-refractivity contribution is 4.99. The van der Waals surface area contributed by atoms with E-state index in [-0.39, 0.29) is 6.10 Å². The van der Waals surface area contributed by atoms with Gasteiger partial charge in [-0.15, -0.1) is 11.8 Å². The molecule has 0 radical (unpaired) electrons. The highest BCUT2D eigenvalue weighted by atomic mass is 16.3. The number of unbranched alkanes of at least 4 members (excludes halogenated alkanes) is 4. The van der Waals surface area contributed by atoms with Gasteiger partial charge >= 0.3 is 0 Å². The Labute approximate surface area is 76.2 Å². The second-order valence-electron chi connectivity index (χ2n) is 3.22. The van der Waals surface area contributed by atoms with Crippen LogP contribution in [0.3, 0.4) is 0 Å². The van der Waals surface area contributed by atoms with Gasteiger partial charge in [0.2, 0.25) is 0 Å². The van der Waals surface area contributed by atoms with E-state index in [0.29, 0.717) is 6.42 Å². The molecule has 1 atom stereocenters. The molecule has 1 nitrogen and oxygen atoms in total. The molecule has 0 rings (SSSR count). The lowest BCUT2D eigenvalue weighted by Gasteiger charge is -1.94. The van der Waals surface area contributed by atoms with Gasteiger partial charge in [-0.25, -0.2) is 0 Å². The molecule has 1 heteroatoms. The summed E-state index contributed by atoms with van der Waals surface area (Å²) in [5.41, 5.74) is 0. The van der Waals surface area contributed by atoms with Gasteiger partial charge in [0.1, 0.15) is 0 Å². The Morgan fingerprint density at radius 2 is 1.92 bits per heavy atom. The molecule has 0 unspecified atom stereocenters. The molecule has 0 aliphatic heterocycles. The lowest BCUT2D eigenvalue weighted by atomic mass is 10.1. The number of hydrogen-bond donors (Lipinski definition) is 1. The van der Waals surface area contributed by atoms with E-state index >= 15 is 0 Å². The third-order valence-corrected chi connectivity index (χ3v) is 1.68. The average Bonchev–Trinajstić information content (AvgIpc) is 2.02. The van der Waals surface area contributed by atoms with E-state index in [4.69, 9.17) is 5.11 Å². The minimum Gasteiger partial charge on any atom is -0.392 e. The third kappa shape index (κ3) is 9.52. The van der Waals surface area contributed by atoms with Gasteiger partial charge < -0.3 is 5.11 Å². The Morgan fingerprint density at radius 1 is 1.17 bits per heavy atom. The molecule has 0 amide bonds. The minimum absolute atomic E-state index is 0.270. The van der Waals surface area contributed by atoms with E-state index in [1.807, 2.05) is 0 Å². The van der Waals surface area contributed by atoms with Crippen molar-refractivity contribution in [2.45, 2.75) is 58.5 Å². The maximum Gasteiger partial charge on any atom is 0.0621 e. The Morgan fingerprint density at radius 3 is 2.50 bits per heavy atom. The van der Waals surface area contributed by atoms with Crippen LogP contribution in [0.4, 0.5) is 0 Å². The van der Waals surface area contributed by atoms with Crippen molar-refractivity contribution in [3.63, 3.8) is 0 Å². The predicted octanol–water partition coefficient (Wildman–Crippen LogP) is 2.73. The van der Waals surface area contributed by atoms with Crippen LogP contribution in [0.25, 0.3) is 0 Å². The SMILES string of the molecule is CCCCCCC#CC[C@H](C)O. The van der Waals surface area contributed by atoms with Gasteiger partial charge in [-0.1, -0.05) is 26.2 Å². The zero-order valence-electron chi connectivity index (χ0n) is 8.27. The summed E-state index contributed by atoms with van der Waals surface area (Å²) in [5.74, 6) is 6.03. The first-order chi connectivity index (χ1) is 5.77. The normalized spacial score (nSPS) is 11.9. The zero-order chi connectivity index (χ0) is 9.23. The molecule has 0 aromatic heterocycles. The Kier molecular flexibility index (Phi) is 8.27. The highest BCUT2D eigenvalue weighted by Gasteiger charge is 1.88. The van der Waals surface area contributed by atoms with Crippen molar-refractivity contribution < 1.29 is 5.11 Å². The van der Waals surface area contributed by atoms with E-state index in [1.54, 1.807) is 6.92 Å². The van der Waals surface area contributed by atoms with Crippen LogP contribution in [0.1, 0.15) is 52.4 Å². The van der Waals surface area contributed by atoms with Crippen LogP contribution in [0.5, 0.6) is 0 Å². The van der Waals surface area contributed by atoms with Crippen molar-refractivity contribution in [2.75, 3.05) is 0 Å². The lowest BCUT2D eigenvalue weighted by Crippen LogP contribution is -1.95. The highest BCUT2D eigenvalue weighted by Crippen LogP contribution is 2.01. The van der Waals surface area contributed by atoms with Gasteiger partial charge in [-0.05, 0) is 13.3 Å². The van der Waals surface area contributed by atoms with Crippen molar-refractivity contribution >= 4 is 0 Å². The Bertz CT molecular complexity index is 139. The monoisotopic (exact) mass is 168 g/mol. The van der Waals surface area contributed by atoms with Crippen LogP contribution in [0, 0.1) is 11.8 Å². The fraction of sp³-hybridized carbons (Fsp3) is 0.818. The van der Waals surface area contributed by atoms with Gasteiger partial charge in [0.05, 0.1) is 6.10 Å². The first kappa shape index (κ1) is 11.5. The van der Waals surface area contributed by atoms with Crippen LogP contribution in [-0.4, -0.2) is 11.2 Å². The average molecular weight is 168 g/mol. The predicted molar refractivity (Wildman–Crippen MR) is 52.8 cm³/mol. The summed E-state index contributed by atoms with van der Waals surface area (Å²) in [6.07, 6.45) is 6.44. The van der Waals surface area contributed by atoms with Gasteiger partial charge in [0.15, 0.2) is 0 Å². The van der Waals surface area contributed by atoms with E-state index in [1.165, 1.54) is 25.7 Å². The smallest absolute Gasteiger partial charge is 0.0621 e. The molecule has 0 saturated heterocycles. The fourth-order valence-electron chi connectivity index (χ4n) is 0.948. The molecular formula is C11H20O. The Balaban J connectivity index is 3.10. The van der Waals surface area contributed by atoms with Crippen molar-refractivity contribution in [1.29, 1.82) is 0 Å².